The van der Waals surface area contributed by atoms with Gasteiger partial charge in [0.05, 0.1) is 7.11 Å². The van der Waals surface area contributed by atoms with Gasteiger partial charge >= 0.3 is 6.03 Å². The molecule has 32 heavy (non-hydrogen) atoms. The molecular weight excluding hydrogens is 426 g/mol. The molecular formula is C23H25N5O3S. The van der Waals surface area contributed by atoms with Gasteiger partial charge in [-0.15, -0.1) is 10.2 Å². The summed E-state index contributed by atoms with van der Waals surface area (Å²) in [5.74, 6) is 0.503. The maximum atomic E-state index is 12.9. The Balaban J connectivity index is 1.41. The van der Waals surface area contributed by atoms with Crippen LogP contribution in [-0.4, -0.2) is 46.7 Å². The molecule has 1 unspecified atom stereocenters. The average molecular weight is 452 g/mol. The second-order valence-corrected chi connectivity index (χ2v) is 8.71. The molecule has 9 heteroatoms. The lowest BCUT2D eigenvalue weighted by molar-refractivity contribution is -0.119. The third-order valence-electron chi connectivity index (χ3n) is 5.43. The van der Waals surface area contributed by atoms with Gasteiger partial charge in [-0.1, -0.05) is 29.0 Å². The molecule has 0 radical (unpaired) electrons. The number of carbonyl (C=O) groups is 2. The minimum absolute atomic E-state index is 0.254. The summed E-state index contributed by atoms with van der Waals surface area (Å²) < 4.78 is 5.17. The van der Waals surface area contributed by atoms with Crippen LogP contribution in [0, 0.1) is 13.8 Å². The van der Waals surface area contributed by atoms with Crippen LogP contribution in [0.3, 0.4) is 0 Å². The molecule has 1 saturated heterocycles. The fourth-order valence-corrected chi connectivity index (χ4v) is 4.49. The van der Waals surface area contributed by atoms with Gasteiger partial charge in [-0.3, -0.25) is 10.1 Å². The summed E-state index contributed by atoms with van der Waals surface area (Å²) in [6, 6.07) is 12.5. The summed E-state index contributed by atoms with van der Waals surface area (Å²) in [6.45, 7) is 4.49. The van der Waals surface area contributed by atoms with Gasteiger partial charge < -0.3 is 15.0 Å². The van der Waals surface area contributed by atoms with Crippen LogP contribution in [0.2, 0.25) is 0 Å². The van der Waals surface area contributed by atoms with E-state index in [9.17, 15) is 9.59 Å². The van der Waals surface area contributed by atoms with E-state index in [2.05, 4.69) is 20.8 Å². The van der Waals surface area contributed by atoms with Crippen molar-refractivity contribution in [3.05, 3.63) is 53.6 Å². The second-order valence-electron chi connectivity index (χ2n) is 7.73. The number of nitrogens with zero attached hydrogens (tertiary/aromatic N) is 3. The van der Waals surface area contributed by atoms with Crippen LogP contribution in [0.1, 0.15) is 24.0 Å². The van der Waals surface area contributed by atoms with Crippen LogP contribution >= 0.6 is 11.3 Å². The number of aromatic nitrogens is 2. The van der Waals surface area contributed by atoms with E-state index < -0.39 is 6.04 Å². The number of hydrogen-bond donors (Lipinski definition) is 2. The zero-order chi connectivity index (χ0) is 22.7. The lowest BCUT2D eigenvalue weighted by Gasteiger charge is -2.24. The highest BCUT2D eigenvalue weighted by atomic mass is 32.1. The molecule has 4 rings (SSSR count). The largest absolute Gasteiger partial charge is 0.497 e. The molecule has 1 fully saturated rings. The summed E-state index contributed by atoms with van der Waals surface area (Å²) in [4.78, 5) is 27.4. The fraction of sp³-hybridized carbons (Fsp3) is 0.304. The fourth-order valence-electron chi connectivity index (χ4n) is 3.74. The Hall–Kier alpha value is -3.46. The molecule has 0 aliphatic carbocycles. The van der Waals surface area contributed by atoms with E-state index in [-0.39, 0.29) is 11.9 Å². The van der Waals surface area contributed by atoms with Gasteiger partial charge in [-0.25, -0.2) is 4.79 Å². The van der Waals surface area contributed by atoms with E-state index in [1.165, 1.54) is 11.3 Å². The van der Waals surface area contributed by atoms with Gasteiger partial charge in [0.15, 0.2) is 0 Å². The predicted octanol–water partition coefficient (Wildman–Crippen LogP) is 4.47. The van der Waals surface area contributed by atoms with Crippen molar-refractivity contribution in [1.29, 1.82) is 0 Å². The molecule has 1 aliphatic heterocycles. The highest BCUT2D eigenvalue weighted by Gasteiger charge is 2.34. The molecule has 3 aromatic rings. The van der Waals surface area contributed by atoms with Gasteiger partial charge in [0.25, 0.3) is 0 Å². The molecule has 1 aliphatic rings. The quantitative estimate of drug-likeness (QED) is 0.597. The number of aryl methyl sites for hydroxylation is 2. The van der Waals surface area contributed by atoms with Crippen LogP contribution in [0.4, 0.5) is 15.6 Å². The number of nitrogens with one attached hydrogen (secondary N) is 2. The maximum absolute atomic E-state index is 12.9. The van der Waals surface area contributed by atoms with Crippen molar-refractivity contribution in [2.24, 2.45) is 0 Å². The molecule has 2 heterocycles. The first-order valence-corrected chi connectivity index (χ1v) is 11.2. The lowest BCUT2D eigenvalue weighted by Crippen LogP contribution is -2.45. The zero-order valence-electron chi connectivity index (χ0n) is 18.2. The third-order valence-corrected chi connectivity index (χ3v) is 6.32. The Bertz CT molecular complexity index is 1130. The van der Waals surface area contributed by atoms with Crippen molar-refractivity contribution < 1.29 is 14.3 Å². The number of benzene rings is 2. The highest BCUT2D eigenvalue weighted by molar-refractivity contribution is 7.18. The number of ether oxygens (including phenoxy) is 1. The molecule has 2 N–H and O–H groups in total. The van der Waals surface area contributed by atoms with E-state index in [0.29, 0.717) is 23.1 Å². The number of anilines is 2. The van der Waals surface area contributed by atoms with E-state index in [0.717, 1.165) is 34.5 Å². The van der Waals surface area contributed by atoms with E-state index in [4.69, 9.17) is 4.74 Å². The monoisotopic (exact) mass is 451 g/mol. The summed E-state index contributed by atoms with van der Waals surface area (Å²) in [5.41, 5.74) is 3.75. The van der Waals surface area contributed by atoms with Crippen LogP contribution in [0.5, 0.6) is 5.75 Å². The Kier molecular flexibility index (Phi) is 6.36. The van der Waals surface area contributed by atoms with Crippen molar-refractivity contribution in [1.82, 2.24) is 15.1 Å². The average Bonchev–Trinajstić information content (AvgIpc) is 3.46. The first-order chi connectivity index (χ1) is 15.4. The highest BCUT2D eigenvalue weighted by Crippen LogP contribution is 2.29. The first kappa shape index (κ1) is 21.8. The van der Waals surface area contributed by atoms with Gasteiger partial charge in [-0.2, -0.15) is 0 Å². The summed E-state index contributed by atoms with van der Waals surface area (Å²) >= 11 is 1.29. The number of methoxy groups -OCH3 is 1. The molecule has 0 saturated carbocycles. The van der Waals surface area contributed by atoms with Crippen LogP contribution in [0.25, 0.3) is 10.6 Å². The minimum Gasteiger partial charge on any atom is -0.497 e. The van der Waals surface area contributed by atoms with Crippen LogP contribution in [-0.2, 0) is 4.79 Å². The van der Waals surface area contributed by atoms with Gasteiger partial charge in [0.2, 0.25) is 11.0 Å². The molecule has 166 valence electrons. The van der Waals surface area contributed by atoms with Crippen molar-refractivity contribution in [3.8, 4) is 16.3 Å². The smallest absolute Gasteiger partial charge is 0.322 e. The molecule has 3 amide bonds. The van der Waals surface area contributed by atoms with E-state index >= 15 is 0 Å². The molecule has 0 bridgehead atoms. The standard InChI is InChI=1S/C23H25N5O3S/c1-14-6-11-18(15(2)13-14)24-23(30)28-12-4-5-19(28)20(29)25-22-27-26-21(32-22)16-7-9-17(31-3)10-8-16/h6-11,13,19H,4-5,12H2,1-3H3,(H,24,30)(H,25,27,29). The number of likely N-dealkylation sites (tertiary alicyclic amines) is 1. The lowest BCUT2D eigenvalue weighted by atomic mass is 10.1. The van der Waals surface area contributed by atoms with Crippen molar-refractivity contribution in [2.75, 3.05) is 24.3 Å². The van der Waals surface area contributed by atoms with Crippen molar-refractivity contribution in [3.63, 3.8) is 0 Å². The first-order valence-electron chi connectivity index (χ1n) is 10.4. The Morgan fingerprint density at radius 3 is 2.59 bits per heavy atom. The number of rotatable bonds is 5. The Morgan fingerprint density at radius 2 is 1.88 bits per heavy atom. The molecule has 1 atom stereocenters. The Labute approximate surface area is 190 Å². The zero-order valence-corrected chi connectivity index (χ0v) is 19.0. The van der Waals surface area contributed by atoms with Crippen LogP contribution in [0.15, 0.2) is 42.5 Å². The van der Waals surface area contributed by atoms with Crippen LogP contribution < -0.4 is 15.4 Å². The third kappa shape index (κ3) is 4.72. The van der Waals surface area contributed by atoms with Gasteiger partial charge in [0, 0.05) is 17.8 Å². The van der Waals surface area contributed by atoms with E-state index in [1.807, 2.05) is 56.3 Å². The number of carbonyl (C=O) groups excluding carboxylic acids is 2. The normalized spacial score (nSPS) is 15.5. The predicted molar refractivity (Wildman–Crippen MR) is 125 cm³/mol. The summed E-state index contributed by atoms with van der Waals surface area (Å²) in [6.07, 6.45) is 1.38. The molecule has 2 aromatic carbocycles. The summed E-state index contributed by atoms with van der Waals surface area (Å²) in [5, 5.41) is 15.1. The number of urea groups is 1. The molecule has 1 aromatic heterocycles. The minimum atomic E-state index is -0.547. The second kappa shape index (κ2) is 9.35. The topological polar surface area (TPSA) is 96.5 Å². The maximum Gasteiger partial charge on any atom is 0.322 e. The van der Waals surface area contributed by atoms with Gasteiger partial charge in [-0.05, 0) is 62.6 Å². The summed E-state index contributed by atoms with van der Waals surface area (Å²) in [7, 11) is 1.61. The van der Waals surface area contributed by atoms with Gasteiger partial charge in [0.1, 0.15) is 16.8 Å². The van der Waals surface area contributed by atoms with Crippen molar-refractivity contribution >= 4 is 34.1 Å². The molecule has 8 nitrogen and oxygen atoms in total. The van der Waals surface area contributed by atoms with E-state index in [1.54, 1.807) is 12.0 Å². The Morgan fingerprint density at radius 1 is 1.09 bits per heavy atom. The van der Waals surface area contributed by atoms with Crippen molar-refractivity contribution in [2.45, 2.75) is 32.7 Å². The SMILES string of the molecule is COc1ccc(-c2nnc(NC(=O)C3CCCN3C(=O)Nc3ccc(C)cc3C)s2)cc1. The number of amides is 3. The number of hydrogen-bond acceptors (Lipinski definition) is 6. The molecule has 0 spiro atoms.